The van der Waals surface area contributed by atoms with Gasteiger partial charge in [0.25, 0.3) is 5.69 Å². The normalized spacial score (nSPS) is 11.0. The summed E-state index contributed by atoms with van der Waals surface area (Å²) in [5, 5.41) is 19.6. The Hall–Kier alpha value is -3.43. The van der Waals surface area contributed by atoms with E-state index >= 15 is 0 Å². The summed E-state index contributed by atoms with van der Waals surface area (Å²) in [6.07, 6.45) is 0. The van der Waals surface area contributed by atoms with Crippen LogP contribution in [0.15, 0.2) is 59.6 Å². The van der Waals surface area contributed by atoms with Crippen molar-refractivity contribution in [3.8, 4) is 11.1 Å². The number of thioether (sulfide) groups is 1. The van der Waals surface area contributed by atoms with Gasteiger partial charge in [-0.2, -0.15) is 5.10 Å². The van der Waals surface area contributed by atoms with Gasteiger partial charge in [0.05, 0.1) is 16.4 Å². The molecule has 0 spiro atoms. The highest BCUT2D eigenvalue weighted by atomic mass is 35.5. The van der Waals surface area contributed by atoms with E-state index < -0.39 is 4.92 Å². The molecule has 0 fully saturated rings. The zero-order valence-corrected chi connectivity index (χ0v) is 18.8. The molecular weight excluding hydrogens is 450 g/mol. The average molecular weight is 468 g/mol. The minimum absolute atomic E-state index is 0.0300. The molecule has 1 amide bonds. The number of nitrogens with zero attached hydrogens (tertiary/aromatic N) is 4. The summed E-state index contributed by atoms with van der Waals surface area (Å²) in [4.78, 5) is 27.4. The second kappa shape index (κ2) is 8.97. The van der Waals surface area contributed by atoms with Crippen LogP contribution in [-0.4, -0.2) is 31.2 Å². The number of nitrogens with one attached hydrogen (secondary N) is 1. The van der Waals surface area contributed by atoms with Gasteiger partial charge in [0.1, 0.15) is 5.03 Å². The number of hydrogen-bond acceptors (Lipinski definition) is 6. The van der Waals surface area contributed by atoms with Crippen LogP contribution in [0.5, 0.6) is 0 Å². The Balaban J connectivity index is 1.55. The number of carbonyl (C=O) groups is 1. The second-order valence-electron chi connectivity index (χ2n) is 7.08. The first-order chi connectivity index (χ1) is 15.3. The predicted molar refractivity (Wildman–Crippen MR) is 125 cm³/mol. The molecule has 162 valence electrons. The molecule has 0 aliphatic carbocycles. The van der Waals surface area contributed by atoms with Crippen molar-refractivity contribution in [1.82, 2.24) is 14.6 Å². The maximum Gasteiger partial charge on any atom is 0.269 e. The molecule has 4 aromatic rings. The molecule has 0 aliphatic rings. The number of fused-ring (bicyclic) bond motifs is 1. The van der Waals surface area contributed by atoms with Crippen LogP contribution >= 0.6 is 23.4 Å². The number of non-ortho nitro benzene ring substituents is 1. The van der Waals surface area contributed by atoms with E-state index in [-0.39, 0.29) is 17.3 Å². The average Bonchev–Trinajstić information content (AvgIpc) is 3.08. The van der Waals surface area contributed by atoms with Gasteiger partial charge in [-0.3, -0.25) is 14.9 Å². The summed E-state index contributed by atoms with van der Waals surface area (Å²) in [5.41, 5.74) is 4.70. The van der Waals surface area contributed by atoms with Crippen LogP contribution < -0.4 is 5.32 Å². The summed E-state index contributed by atoms with van der Waals surface area (Å²) in [7, 11) is 0. The van der Waals surface area contributed by atoms with Crippen molar-refractivity contribution in [2.45, 2.75) is 18.9 Å². The summed E-state index contributed by atoms with van der Waals surface area (Å²) >= 11 is 7.36. The van der Waals surface area contributed by atoms with Gasteiger partial charge in [0.2, 0.25) is 5.91 Å². The van der Waals surface area contributed by atoms with E-state index in [1.807, 2.05) is 44.2 Å². The largest absolute Gasteiger partial charge is 0.325 e. The fourth-order valence-electron chi connectivity index (χ4n) is 3.27. The molecule has 2 heterocycles. The molecule has 2 aromatic heterocycles. The Morgan fingerprint density at radius 2 is 1.84 bits per heavy atom. The van der Waals surface area contributed by atoms with E-state index in [0.29, 0.717) is 16.4 Å². The Morgan fingerprint density at radius 1 is 1.16 bits per heavy atom. The van der Waals surface area contributed by atoms with Crippen molar-refractivity contribution in [2.24, 2.45) is 0 Å². The molecule has 0 aliphatic heterocycles. The van der Waals surface area contributed by atoms with Crippen molar-refractivity contribution < 1.29 is 9.72 Å². The fraction of sp³-hybridized carbons (Fsp3) is 0.136. The highest BCUT2D eigenvalue weighted by Gasteiger charge is 2.17. The number of rotatable bonds is 6. The van der Waals surface area contributed by atoms with E-state index in [2.05, 4.69) is 15.4 Å². The first-order valence-corrected chi connectivity index (χ1v) is 11.0. The maximum atomic E-state index is 12.4. The van der Waals surface area contributed by atoms with Crippen LogP contribution in [0.1, 0.15) is 11.4 Å². The number of hydrogen-bond donors (Lipinski definition) is 1. The minimum atomic E-state index is -0.483. The number of benzene rings is 2. The van der Waals surface area contributed by atoms with Crippen LogP contribution in [0.4, 0.5) is 11.4 Å². The summed E-state index contributed by atoms with van der Waals surface area (Å²) in [6, 6.07) is 15.1. The molecule has 4 rings (SSSR count). The van der Waals surface area contributed by atoms with Crippen LogP contribution in [-0.2, 0) is 4.79 Å². The topological polar surface area (TPSA) is 102 Å². The molecule has 0 radical (unpaired) electrons. The lowest BCUT2D eigenvalue weighted by molar-refractivity contribution is -0.384. The van der Waals surface area contributed by atoms with E-state index in [4.69, 9.17) is 11.6 Å². The number of nitro groups is 1. The molecule has 1 N–H and O–H groups in total. The Morgan fingerprint density at radius 3 is 2.50 bits per heavy atom. The summed E-state index contributed by atoms with van der Waals surface area (Å²) in [6.45, 7) is 3.82. The molecule has 0 unspecified atom stereocenters. The van der Waals surface area contributed by atoms with Crippen LogP contribution in [0, 0.1) is 24.0 Å². The highest BCUT2D eigenvalue weighted by Crippen LogP contribution is 2.31. The lowest BCUT2D eigenvalue weighted by Gasteiger charge is -2.08. The number of anilines is 1. The molecular formula is C22H18ClN5O3S. The third-order valence-electron chi connectivity index (χ3n) is 4.71. The molecule has 0 bridgehead atoms. The molecule has 10 heteroatoms. The van der Waals surface area contributed by atoms with Gasteiger partial charge in [-0.1, -0.05) is 35.5 Å². The zero-order valence-electron chi connectivity index (χ0n) is 17.2. The van der Waals surface area contributed by atoms with E-state index in [1.54, 1.807) is 4.52 Å². The lowest BCUT2D eigenvalue weighted by Crippen LogP contribution is -2.14. The summed E-state index contributed by atoms with van der Waals surface area (Å²) in [5.74, 6) is -0.0849. The number of nitro benzene ring substituents is 1. The number of aromatic nitrogens is 3. The van der Waals surface area contributed by atoms with Gasteiger partial charge in [0.15, 0.2) is 5.65 Å². The third kappa shape index (κ3) is 4.58. The molecule has 0 atom stereocenters. The van der Waals surface area contributed by atoms with Gasteiger partial charge in [-0.05, 0) is 49.7 Å². The van der Waals surface area contributed by atoms with Crippen LogP contribution in [0.2, 0.25) is 5.02 Å². The van der Waals surface area contributed by atoms with Gasteiger partial charge in [0, 0.05) is 34.1 Å². The molecule has 0 saturated heterocycles. The Kier molecular flexibility index (Phi) is 6.11. The number of aryl methyl sites for hydroxylation is 2. The van der Waals surface area contributed by atoms with Crippen molar-refractivity contribution in [3.05, 3.63) is 81.1 Å². The lowest BCUT2D eigenvalue weighted by atomic mass is 10.1. The summed E-state index contributed by atoms with van der Waals surface area (Å²) < 4.78 is 1.75. The zero-order chi connectivity index (χ0) is 22.8. The molecule has 32 heavy (non-hydrogen) atoms. The second-order valence-corrected chi connectivity index (χ2v) is 8.51. The third-order valence-corrected chi connectivity index (χ3v) is 5.95. The fourth-order valence-corrected chi connectivity index (χ4v) is 4.25. The van der Waals surface area contributed by atoms with Gasteiger partial charge in [-0.25, -0.2) is 9.50 Å². The van der Waals surface area contributed by atoms with E-state index in [1.165, 1.54) is 36.0 Å². The maximum absolute atomic E-state index is 12.4. The number of amides is 1. The Bertz CT molecular complexity index is 1320. The first-order valence-electron chi connectivity index (χ1n) is 9.62. The van der Waals surface area contributed by atoms with Crippen molar-refractivity contribution >= 4 is 46.3 Å². The number of carbonyl (C=O) groups excluding carboxylic acids is 1. The Labute approximate surface area is 192 Å². The van der Waals surface area contributed by atoms with Crippen molar-refractivity contribution in [1.29, 1.82) is 0 Å². The standard InChI is InChI=1S/C22H18ClN5O3S/c1-13-11-20(32-12-19(29)25-17-7-9-18(10-8-17)28(30)31)27-22(24-13)21(14(2)26-27)15-3-5-16(23)6-4-15/h3-11H,12H2,1-2H3,(H,25,29). The SMILES string of the molecule is Cc1cc(SCC(=O)Nc2ccc([N+](=O)[O-])cc2)n2nc(C)c(-c3ccc(Cl)cc3)c2n1. The van der Waals surface area contributed by atoms with Crippen LogP contribution in [0.3, 0.4) is 0 Å². The van der Waals surface area contributed by atoms with Crippen molar-refractivity contribution in [3.63, 3.8) is 0 Å². The minimum Gasteiger partial charge on any atom is -0.325 e. The van der Waals surface area contributed by atoms with Gasteiger partial charge < -0.3 is 5.32 Å². The van der Waals surface area contributed by atoms with Gasteiger partial charge >= 0.3 is 0 Å². The molecule has 2 aromatic carbocycles. The van der Waals surface area contributed by atoms with E-state index in [0.717, 1.165) is 27.5 Å². The predicted octanol–water partition coefficient (Wildman–Crippen LogP) is 5.31. The van der Waals surface area contributed by atoms with Crippen molar-refractivity contribution in [2.75, 3.05) is 11.1 Å². The molecule has 8 nitrogen and oxygen atoms in total. The van der Waals surface area contributed by atoms with Crippen LogP contribution in [0.25, 0.3) is 16.8 Å². The van der Waals surface area contributed by atoms with Gasteiger partial charge in [-0.15, -0.1) is 0 Å². The quantitative estimate of drug-likeness (QED) is 0.178. The number of halogens is 1. The molecule has 0 saturated carbocycles. The van der Waals surface area contributed by atoms with E-state index in [9.17, 15) is 14.9 Å². The monoisotopic (exact) mass is 467 g/mol. The highest BCUT2D eigenvalue weighted by molar-refractivity contribution is 7.99. The first kappa shape index (κ1) is 21.8. The smallest absolute Gasteiger partial charge is 0.269 e.